The number of aromatic hydroxyl groups is 1. The first kappa shape index (κ1) is 13.7. The van der Waals surface area contributed by atoms with Gasteiger partial charge in [0.25, 0.3) is 0 Å². The van der Waals surface area contributed by atoms with E-state index >= 15 is 0 Å². The third kappa shape index (κ3) is 2.78. The lowest BCUT2D eigenvalue weighted by molar-refractivity contribution is 0.354. The monoisotopic (exact) mass is 301 g/mol. The van der Waals surface area contributed by atoms with Crippen LogP contribution in [0.15, 0.2) is 36.4 Å². The molecule has 2 aromatic carbocycles. The molecule has 0 fully saturated rings. The number of benzene rings is 2. The zero-order valence-corrected chi connectivity index (χ0v) is 12.4. The molecule has 21 heavy (non-hydrogen) atoms. The summed E-state index contributed by atoms with van der Waals surface area (Å²) in [6.45, 7) is 0.650. The predicted octanol–water partition coefficient (Wildman–Crippen LogP) is 3.12. The molecule has 1 aliphatic heterocycles. The standard InChI is InChI=1S/C16H15NO3S/c1-19-12-4-2-11(3-5-12)17-16(21)13-8-10-6-7-20-15(10)9-14(13)18/h2-5,8-9,18H,6-7H2,1H3,(H,17,21). The van der Waals surface area contributed by atoms with Gasteiger partial charge in [0, 0.05) is 18.2 Å². The van der Waals surface area contributed by atoms with E-state index in [9.17, 15) is 5.11 Å². The fourth-order valence-electron chi connectivity index (χ4n) is 2.27. The summed E-state index contributed by atoms with van der Waals surface area (Å²) in [7, 11) is 1.62. The summed E-state index contributed by atoms with van der Waals surface area (Å²) < 4.78 is 10.5. The van der Waals surface area contributed by atoms with Gasteiger partial charge in [-0.15, -0.1) is 0 Å². The number of ether oxygens (including phenoxy) is 2. The number of fused-ring (bicyclic) bond motifs is 1. The summed E-state index contributed by atoms with van der Waals surface area (Å²) in [6.07, 6.45) is 0.841. The highest BCUT2D eigenvalue weighted by Gasteiger charge is 2.17. The number of anilines is 1. The quantitative estimate of drug-likeness (QED) is 0.853. The molecule has 0 atom stereocenters. The Balaban J connectivity index is 1.81. The lowest BCUT2D eigenvalue weighted by Crippen LogP contribution is -2.11. The highest BCUT2D eigenvalue weighted by Crippen LogP contribution is 2.33. The van der Waals surface area contributed by atoms with Crippen molar-refractivity contribution in [1.82, 2.24) is 0 Å². The molecule has 2 aromatic rings. The van der Waals surface area contributed by atoms with E-state index in [1.165, 1.54) is 0 Å². The molecule has 3 rings (SSSR count). The van der Waals surface area contributed by atoms with Crippen LogP contribution in [0.5, 0.6) is 17.2 Å². The number of thiocarbonyl (C=S) groups is 1. The van der Waals surface area contributed by atoms with Crippen LogP contribution >= 0.6 is 12.2 Å². The second-order valence-electron chi connectivity index (χ2n) is 4.76. The van der Waals surface area contributed by atoms with E-state index in [2.05, 4.69) is 5.32 Å². The second-order valence-corrected chi connectivity index (χ2v) is 5.17. The zero-order chi connectivity index (χ0) is 14.8. The Morgan fingerprint density at radius 1 is 1.29 bits per heavy atom. The van der Waals surface area contributed by atoms with Crippen molar-refractivity contribution in [1.29, 1.82) is 0 Å². The summed E-state index contributed by atoms with van der Waals surface area (Å²) >= 11 is 5.38. The van der Waals surface area contributed by atoms with Gasteiger partial charge in [-0.25, -0.2) is 0 Å². The minimum absolute atomic E-state index is 0.127. The van der Waals surface area contributed by atoms with Gasteiger partial charge < -0.3 is 19.9 Å². The number of rotatable bonds is 3. The van der Waals surface area contributed by atoms with Gasteiger partial charge in [-0.1, -0.05) is 12.2 Å². The molecule has 0 aliphatic carbocycles. The van der Waals surface area contributed by atoms with Crippen LogP contribution in [0, 0.1) is 0 Å². The fraction of sp³-hybridized carbons (Fsp3) is 0.188. The molecule has 2 N–H and O–H groups in total. The van der Waals surface area contributed by atoms with Crippen molar-refractivity contribution in [2.24, 2.45) is 0 Å². The van der Waals surface area contributed by atoms with Crippen molar-refractivity contribution < 1.29 is 14.6 Å². The normalized spacial score (nSPS) is 12.4. The van der Waals surface area contributed by atoms with E-state index < -0.39 is 0 Å². The van der Waals surface area contributed by atoms with Gasteiger partial charge in [0.1, 0.15) is 22.2 Å². The average Bonchev–Trinajstić information content (AvgIpc) is 2.94. The molecule has 1 heterocycles. The number of methoxy groups -OCH3 is 1. The maximum Gasteiger partial charge on any atom is 0.129 e. The lowest BCUT2D eigenvalue weighted by Gasteiger charge is -2.11. The van der Waals surface area contributed by atoms with Crippen LogP contribution in [0.2, 0.25) is 0 Å². The smallest absolute Gasteiger partial charge is 0.129 e. The molecule has 1 aliphatic rings. The maximum atomic E-state index is 10.1. The third-order valence-corrected chi connectivity index (χ3v) is 3.72. The van der Waals surface area contributed by atoms with Crippen molar-refractivity contribution in [2.75, 3.05) is 19.0 Å². The van der Waals surface area contributed by atoms with E-state index in [4.69, 9.17) is 21.7 Å². The molecule has 0 saturated heterocycles. The number of hydrogen-bond donors (Lipinski definition) is 2. The van der Waals surface area contributed by atoms with Gasteiger partial charge in [-0.3, -0.25) is 0 Å². The molecule has 4 nitrogen and oxygen atoms in total. The Kier molecular flexibility index (Phi) is 3.66. The first-order chi connectivity index (χ1) is 10.2. The van der Waals surface area contributed by atoms with Crippen LogP contribution in [0.3, 0.4) is 0 Å². The van der Waals surface area contributed by atoms with E-state index in [1.54, 1.807) is 13.2 Å². The van der Waals surface area contributed by atoms with E-state index in [-0.39, 0.29) is 5.75 Å². The Bertz CT molecular complexity index is 683. The van der Waals surface area contributed by atoms with E-state index in [0.717, 1.165) is 29.2 Å². The molecule has 0 unspecified atom stereocenters. The van der Waals surface area contributed by atoms with Crippen molar-refractivity contribution in [3.05, 3.63) is 47.5 Å². The van der Waals surface area contributed by atoms with Crippen LogP contribution in [0.1, 0.15) is 11.1 Å². The zero-order valence-electron chi connectivity index (χ0n) is 11.6. The van der Waals surface area contributed by atoms with Gasteiger partial charge in [-0.05, 0) is 35.9 Å². The Morgan fingerprint density at radius 3 is 2.76 bits per heavy atom. The molecule has 108 valence electrons. The summed E-state index contributed by atoms with van der Waals surface area (Å²) in [5.41, 5.74) is 2.53. The molecule has 0 aromatic heterocycles. The number of phenolic OH excluding ortho intramolecular Hbond substituents is 1. The number of nitrogens with one attached hydrogen (secondary N) is 1. The molecule has 5 heteroatoms. The lowest BCUT2D eigenvalue weighted by atomic mass is 10.1. The average molecular weight is 301 g/mol. The van der Waals surface area contributed by atoms with Gasteiger partial charge in [0.05, 0.1) is 19.3 Å². The van der Waals surface area contributed by atoms with Gasteiger partial charge >= 0.3 is 0 Å². The number of hydrogen-bond acceptors (Lipinski definition) is 4. The van der Waals surface area contributed by atoms with Crippen LogP contribution in [-0.4, -0.2) is 23.8 Å². The van der Waals surface area contributed by atoms with Crippen molar-refractivity contribution in [2.45, 2.75) is 6.42 Å². The Hall–Kier alpha value is -2.27. The van der Waals surface area contributed by atoms with Crippen LogP contribution in [-0.2, 0) is 6.42 Å². The minimum Gasteiger partial charge on any atom is -0.507 e. The third-order valence-electron chi connectivity index (χ3n) is 3.40. The molecule has 0 bridgehead atoms. The first-order valence-electron chi connectivity index (χ1n) is 6.61. The van der Waals surface area contributed by atoms with Gasteiger partial charge in [-0.2, -0.15) is 0 Å². The molecule has 0 saturated carbocycles. The topological polar surface area (TPSA) is 50.7 Å². The minimum atomic E-state index is 0.127. The molecular weight excluding hydrogens is 286 g/mol. The predicted molar refractivity (Wildman–Crippen MR) is 85.6 cm³/mol. The van der Waals surface area contributed by atoms with Crippen LogP contribution in [0.25, 0.3) is 0 Å². The fourth-order valence-corrected chi connectivity index (χ4v) is 2.55. The van der Waals surface area contributed by atoms with E-state index in [1.807, 2.05) is 30.3 Å². The second kappa shape index (κ2) is 5.61. The Morgan fingerprint density at radius 2 is 2.05 bits per heavy atom. The first-order valence-corrected chi connectivity index (χ1v) is 7.02. The Labute approximate surface area is 128 Å². The van der Waals surface area contributed by atoms with Crippen molar-refractivity contribution >= 4 is 22.9 Å². The van der Waals surface area contributed by atoms with Crippen molar-refractivity contribution in [3.8, 4) is 17.2 Å². The van der Waals surface area contributed by atoms with Crippen LogP contribution in [0.4, 0.5) is 5.69 Å². The summed E-state index contributed by atoms with van der Waals surface area (Å²) in [5, 5.41) is 13.2. The largest absolute Gasteiger partial charge is 0.507 e. The molecular formula is C16H15NO3S. The summed E-state index contributed by atoms with van der Waals surface area (Å²) in [5.74, 6) is 1.65. The molecule has 0 spiro atoms. The maximum absolute atomic E-state index is 10.1. The van der Waals surface area contributed by atoms with E-state index in [0.29, 0.717) is 17.2 Å². The SMILES string of the molecule is COc1ccc(NC(=S)c2cc3c(cc2O)OCC3)cc1. The van der Waals surface area contributed by atoms with Gasteiger partial charge in [0.2, 0.25) is 0 Å². The summed E-state index contributed by atoms with van der Waals surface area (Å²) in [6, 6.07) is 11.0. The highest BCUT2D eigenvalue weighted by molar-refractivity contribution is 7.81. The summed E-state index contributed by atoms with van der Waals surface area (Å²) in [4.78, 5) is 0.479. The van der Waals surface area contributed by atoms with Crippen LogP contribution < -0.4 is 14.8 Å². The number of phenols is 1. The molecule has 0 radical (unpaired) electrons. The molecule has 0 amide bonds. The highest BCUT2D eigenvalue weighted by atomic mass is 32.1. The van der Waals surface area contributed by atoms with Gasteiger partial charge in [0.15, 0.2) is 0 Å². The van der Waals surface area contributed by atoms with Crippen molar-refractivity contribution in [3.63, 3.8) is 0 Å².